The van der Waals surface area contributed by atoms with Crippen LogP contribution >= 0.6 is 0 Å². The second-order valence-electron chi connectivity index (χ2n) is 4.83. The van der Waals surface area contributed by atoms with Gasteiger partial charge in [-0.1, -0.05) is 6.07 Å². The lowest BCUT2D eigenvalue weighted by molar-refractivity contribution is -0.140. The van der Waals surface area contributed by atoms with Crippen LogP contribution in [0.1, 0.15) is 19.3 Å². The van der Waals surface area contributed by atoms with E-state index in [-0.39, 0.29) is 12.0 Å². The molecule has 116 valence electrons. The number of methoxy groups -OCH3 is 1. The summed E-state index contributed by atoms with van der Waals surface area (Å²) in [7, 11) is 1.37. The third-order valence-corrected chi connectivity index (χ3v) is 3.18. The highest BCUT2D eigenvalue weighted by molar-refractivity contribution is 5.92. The van der Waals surface area contributed by atoms with E-state index in [1.54, 1.807) is 6.20 Å². The van der Waals surface area contributed by atoms with Gasteiger partial charge in [-0.05, 0) is 37.1 Å². The van der Waals surface area contributed by atoms with Crippen LogP contribution in [-0.4, -0.2) is 30.6 Å². The highest BCUT2D eigenvalue weighted by Gasteiger charge is 2.03. The Kier molecular flexibility index (Phi) is 5.71. The summed E-state index contributed by atoms with van der Waals surface area (Å²) < 4.78 is 4.55. The first-order valence-corrected chi connectivity index (χ1v) is 7.15. The van der Waals surface area contributed by atoms with Crippen molar-refractivity contribution in [3.05, 3.63) is 36.5 Å². The highest BCUT2D eigenvalue weighted by atomic mass is 16.5. The summed E-state index contributed by atoms with van der Waals surface area (Å²) in [5, 5.41) is 6.50. The lowest BCUT2D eigenvalue weighted by Crippen LogP contribution is -2.29. The normalized spacial score (nSPS) is 10.2. The average molecular weight is 301 g/mol. The van der Waals surface area contributed by atoms with Crippen LogP contribution in [0.5, 0.6) is 0 Å². The number of unbranched alkanes of at least 4 members (excludes halogenated alkanes) is 1. The molecule has 2 rings (SSSR count). The van der Waals surface area contributed by atoms with E-state index in [1.165, 1.54) is 7.11 Å². The number of carbonyl (C=O) groups excluding carboxylic acids is 2. The fraction of sp³-hybridized carbons (Fsp3) is 0.312. The topological polar surface area (TPSA) is 80.3 Å². The van der Waals surface area contributed by atoms with Crippen LogP contribution in [0.4, 0.5) is 10.5 Å². The molecular formula is C16H19N3O3. The van der Waals surface area contributed by atoms with Crippen molar-refractivity contribution in [2.24, 2.45) is 0 Å². The molecule has 22 heavy (non-hydrogen) atoms. The van der Waals surface area contributed by atoms with Gasteiger partial charge in [0.2, 0.25) is 0 Å². The molecule has 0 aliphatic rings. The minimum absolute atomic E-state index is 0.228. The molecule has 2 amide bonds. The molecule has 0 aliphatic heterocycles. The molecule has 6 heteroatoms. The Balaban J connectivity index is 1.75. The average Bonchev–Trinajstić information content (AvgIpc) is 2.54. The summed E-state index contributed by atoms with van der Waals surface area (Å²) in [5.41, 5.74) is 1.60. The van der Waals surface area contributed by atoms with Gasteiger partial charge in [0.1, 0.15) is 0 Å². The summed E-state index contributed by atoms with van der Waals surface area (Å²) in [4.78, 5) is 26.9. The Morgan fingerprint density at radius 1 is 1.23 bits per heavy atom. The fourth-order valence-electron chi connectivity index (χ4n) is 2.03. The van der Waals surface area contributed by atoms with Gasteiger partial charge in [0.25, 0.3) is 0 Å². The number of ether oxygens (including phenoxy) is 1. The molecule has 0 spiro atoms. The second-order valence-corrected chi connectivity index (χ2v) is 4.83. The predicted octanol–water partition coefficient (Wildman–Crippen LogP) is 2.70. The molecule has 0 atom stereocenters. The van der Waals surface area contributed by atoms with Crippen LogP contribution in [0.25, 0.3) is 10.9 Å². The standard InChI is InChI=1S/C16H19N3O3/c1-22-15(20)6-2-3-9-18-16(21)19-13-7-8-14-12(11-13)5-4-10-17-14/h4-5,7-8,10-11H,2-3,6,9H2,1H3,(H2,18,19,21). The predicted molar refractivity (Wildman–Crippen MR) is 84.6 cm³/mol. The van der Waals surface area contributed by atoms with Crippen LogP contribution in [0.15, 0.2) is 36.5 Å². The van der Waals surface area contributed by atoms with Gasteiger partial charge in [-0.25, -0.2) is 4.79 Å². The molecule has 0 radical (unpaired) electrons. The van der Waals surface area contributed by atoms with E-state index in [0.717, 1.165) is 17.3 Å². The zero-order chi connectivity index (χ0) is 15.8. The zero-order valence-corrected chi connectivity index (χ0v) is 12.5. The van der Waals surface area contributed by atoms with E-state index >= 15 is 0 Å². The Bertz CT molecular complexity index is 658. The van der Waals surface area contributed by atoms with E-state index in [1.807, 2.05) is 30.3 Å². The summed E-state index contributed by atoms with van der Waals surface area (Å²) in [5.74, 6) is -0.228. The molecule has 1 aromatic heterocycles. The van der Waals surface area contributed by atoms with Gasteiger partial charge >= 0.3 is 12.0 Å². The number of nitrogens with zero attached hydrogens (tertiary/aromatic N) is 1. The number of carbonyl (C=O) groups is 2. The van der Waals surface area contributed by atoms with Crippen LogP contribution in [0, 0.1) is 0 Å². The second kappa shape index (κ2) is 7.97. The number of pyridine rings is 1. The third kappa shape index (κ3) is 4.73. The van der Waals surface area contributed by atoms with E-state index in [9.17, 15) is 9.59 Å². The smallest absolute Gasteiger partial charge is 0.319 e. The largest absolute Gasteiger partial charge is 0.469 e. The quantitative estimate of drug-likeness (QED) is 0.635. The molecule has 6 nitrogen and oxygen atoms in total. The molecule has 0 saturated heterocycles. The minimum Gasteiger partial charge on any atom is -0.469 e. The molecule has 1 heterocycles. The number of fused-ring (bicyclic) bond motifs is 1. The van der Waals surface area contributed by atoms with Crippen molar-refractivity contribution in [2.75, 3.05) is 19.0 Å². The Labute approximate surface area is 128 Å². The van der Waals surface area contributed by atoms with Crippen molar-refractivity contribution in [2.45, 2.75) is 19.3 Å². The van der Waals surface area contributed by atoms with Crippen molar-refractivity contribution < 1.29 is 14.3 Å². The van der Waals surface area contributed by atoms with Crippen LogP contribution in [-0.2, 0) is 9.53 Å². The molecule has 0 aliphatic carbocycles. The highest BCUT2D eigenvalue weighted by Crippen LogP contribution is 2.16. The fourth-order valence-corrected chi connectivity index (χ4v) is 2.03. The number of amides is 2. The maximum Gasteiger partial charge on any atom is 0.319 e. The lowest BCUT2D eigenvalue weighted by atomic mass is 10.2. The number of hydrogen-bond donors (Lipinski definition) is 2. The zero-order valence-electron chi connectivity index (χ0n) is 12.5. The van der Waals surface area contributed by atoms with Crippen molar-refractivity contribution in [3.8, 4) is 0 Å². The van der Waals surface area contributed by atoms with Gasteiger partial charge < -0.3 is 15.4 Å². The lowest BCUT2D eigenvalue weighted by Gasteiger charge is -2.08. The summed E-state index contributed by atoms with van der Waals surface area (Å²) >= 11 is 0. The summed E-state index contributed by atoms with van der Waals surface area (Å²) in [6.07, 6.45) is 3.52. The number of urea groups is 1. The first-order chi connectivity index (χ1) is 10.7. The molecule has 0 fully saturated rings. The van der Waals surface area contributed by atoms with Crippen LogP contribution in [0.3, 0.4) is 0 Å². The van der Waals surface area contributed by atoms with Crippen molar-refractivity contribution >= 4 is 28.6 Å². The number of esters is 1. The molecular weight excluding hydrogens is 282 g/mol. The van der Waals surface area contributed by atoms with Gasteiger partial charge in [0.05, 0.1) is 12.6 Å². The van der Waals surface area contributed by atoms with E-state index in [0.29, 0.717) is 25.1 Å². The first kappa shape index (κ1) is 15.8. The van der Waals surface area contributed by atoms with Gasteiger partial charge in [-0.15, -0.1) is 0 Å². The van der Waals surface area contributed by atoms with E-state index in [2.05, 4.69) is 20.4 Å². The van der Waals surface area contributed by atoms with Gasteiger partial charge in [-0.3, -0.25) is 9.78 Å². The Hall–Kier alpha value is -2.63. The number of aromatic nitrogens is 1. The van der Waals surface area contributed by atoms with Gasteiger partial charge in [0, 0.05) is 30.2 Å². The Morgan fingerprint density at radius 2 is 2.09 bits per heavy atom. The van der Waals surface area contributed by atoms with Crippen molar-refractivity contribution in [1.82, 2.24) is 10.3 Å². The molecule has 1 aromatic carbocycles. The number of nitrogens with one attached hydrogen (secondary N) is 2. The first-order valence-electron chi connectivity index (χ1n) is 7.15. The molecule has 0 unspecified atom stereocenters. The van der Waals surface area contributed by atoms with Crippen LogP contribution < -0.4 is 10.6 Å². The number of hydrogen-bond acceptors (Lipinski definition) is 4. The van der Waals surface area contributed by atoms with Gasteiger partial charge in [-0.2, -0.15) is 0 Å². The van der Waals surface area contributed by atoms with Crippen LogP contribution in [0.2, 0.25) is 0 Å². The van der Waals surface area contributed by atoms with Crippen molar-refractivity contribution in [1.29, 1.82) is 0 Å². The van der Waals surface area contributed by atoms with E-state index in [4.69, 9.17) is 0 Å². The molecule has 0 bridgehead atoms. The SMILES string of the molecule is COC(=O)CCCCNC(=O)Nc1ccc2ncccc2c1. The Morgan fingerprint density at radius 3 is 2.91 bits per heavy atom. The number of rotatable bonds is 6. The van der Waals surface area contributed by atoms with Crippen molar-refractivity contribution in [3.63, 3.8) is 0 Å². The molecule has 2 N–H and O–H groups in total. The monoisotopic (exact) mass is 301 g/mol. The summed E-state index contributed by atoms with van der Waals surface area (Å²) in [6.45, 7) is 0.512. The summed E-state index contributed by atoms with van der Waals surface area (Å²) in [6, 6.07) is 9.08. The maximum atomic E-state index is 11.8. The molecule has 0 saturated carbocycles. The number of benzene rings is 1. The number of anilines is 1. The third-order valence-electron chi connectivity index (χ3n) is 3.18. The minimum atomic E-state index is -0.263. The van der Waals surface area contributed by atoms with E-state index < -0.39 is 0 Å². The van der Waals surface area contributed by atoms with Gasteiger partial charge in [0.15, 0.2) is 0 Å². The maximum absolute atomic E-state index is 11.8. The molecule has 2 aromatic rings.